The number of rotatable bonds is 11. The van der Waals surface area contributed by atoms with Gasteiger partial charge in [-0.25, -0.2) is 4.79 Å². The summed E-state index contributed by atoms with van der Waals surface area (Å²) in [7, 11) is -2.24. The van der Waals surface area contributed by atoms with Gasteiger partial charge in [-0.3, -0.25) is 4.79 Å². The van der Waals surface area contributed by atoms with Gasteiger partial charge in [0.15, 0.2) is 8.32 Å². The third-order valence-electron chi connectivity index (χ3n) is 8.08. The lowest BCUT2D eigenvalue weighted by Crippen LogP contribution is -2.53. The molecule has 0 radical (unpaired) electrons. The van der Waals surface area contributed by atoms with E-state index in [0.717, 1.165) is 11.1 Å². The Hall–Kier alpha value is -2.64. The number of alkyl carbamates (subject to hydrolysis) is 1. The molecule has 0 fully saturated rings. The van der Waals surface area contributed by atoms with Gasteiger partial charge in [-0.2, -0.15) is 0 Å². The van der Waals surface area contributed by atoms with Crippen molar-refractivity contribution in [2.45, 2.75) is 90.6 Å². The number of carbonyl (C=O) groups is 2. The number of fused-ring (bicyclic) bond motifs is 3. The van der Waals surface area contributed by atoms with Crippen LogP contribution >= 0.6 is 0 Å². The highest BCUT2D eigenvalue weighted by Crippen LogP contribution is 2.44. The van der Waals surface area contributed by atoms with Gasteiger partial charge in [-0.15, -0.1) is 0 Å². The third-order valence-corrected chi connectivity index (χ3v) is 12.6. The van der Waals surface area contributed by atoms with Crippen molar-refractivity contribution in [2.24, 2.45) is 11.8 Å². The van der Waals surface area contributed by atoms with Crippen LogP contribution in [0.25, 0.3) is 11.1 Å². The quantitative estimate of drug-likeness (QED) is 0.290. The highest BCUT2D eigenvalue weighted by Gasteiger charge is 2.42. The van der Waals surface area contributed by atoms with Gasteiger partial charge >= 0.3 is 12.1 Å². The van der Waals surface area contributed by atoms with Crippen molar-refractivity contribution in [3.05, 3.63) is 59.7 Å². The van der Waals surface area contributed by atoms with Crippen molar-refractivity contribution >= 4 is 20.4 Å². The number of hydrogen-bond acceptors (Lipinski definition) is 4. The average Bonchev–Trinajstić information content (AvgIpc) is 3.14. The van der Waals surface area contributed by atoms with Gasteiger partial charge in [0.05, 0.1) is 18.1 Å². The largest absolute Gasteiger partial charge is 0.481 e. The maximum atomic E-state index is 13.2. The minimum atomic E-state index is -2.24. The summed E-state index contributed by atoms with van der Waals surface area (Å²) in [5.74, 6) is -1.20. The van der Waals surface area contributed by atoms with Crippen molar-refractivity contribution in [3.8, 4) is 11.1 Å². The van der Waals surface area contributed by atoms with E-state index < -0.39 is 32.4 Å². The minimum Gasteiger partial charge on any atom is -0.481 e. The van der Waals surface area contributed by atoms with Crippen molar-refractivity contribution in [1.29, 1.82) is 0 Å². The van der Waals surface area contributed by atoms with Gasteiger partial charge in [0, 0.05) is 5.92 Å². The molecule has 2 aromatic carbocycles. The van der Waals surface area contributed by atoms with E-state index in [1.807, 2.05) is 24.3 Å². The number of benzene rings is 2. The van der Waals surface area contributed by atoms with Crippen LogP contribution in [-0.2, 0) is 14.0 Å². The van der Waals surface area contributed by atoms with E-state index in [2.05, 4.69) is 77.3 Å². The number of carboxylic acid groups (broad SMARTS) is 1. The summed E-state index contributed by atoms with van der Waals surface area (Å²) < 4.78 is 12.6. The molecule has 6 nitrogen and oxygen atoms in total. The van der Waals surface area contributed by atoms with Crippen LogP contribution in [0.4, 0.5) is 4.79 Å². The topological polar surface area (TPSA) is 84.9 Å². The van der Waals surface area contributed by atoms with Gasteiger partial charge < -0.3 is 19.6 Å². The molecule has 1 amide bonds. The van der Waals surface area contributed by atoms with Crippen molar-refractivity contribution in [3.63, 3.8) is 0 Å². The molecule has 0 spiro atoms. The second kappa shape index (κ2) is 12.0. The Morgan fingerprint density at radius 1 is 0.947 bits per heavy atom. The van der Waals surface area contributed by atoms with E-state index >= 15 is 0 Å². The Kier molecular flexibility index (Phi) is 9.47. The highest BCUT2D eigenvalue weighted by atomic mass is 28.4. The second-order valence-electron chi connectivity index (χ2n) is 12.6. The summed E-state index contributed by atoms with van der Waals surface area (Å²) in [6.07, 6.45) is 0.0628. The maximum absolute atomic E-state index is 13.2. The van der Waals surface area contributed by atoms with Crippen LogP contribution < -0.4 is 5.32 Å². The van der Waals surface area contributed by atoms with Gasteiger partial charge in [0.1, 0.15) is 6.61 Å². The second-order valence-corrected chi connectivity index (χ2v) is 17.4. The normalized spacial score (nSPS) is 15.9. The van der Waals surface area contributed by atoms with Gasteiger partial charge in [0.25, 0.3) is 0 Å². The number of ether oxygens (including phenoxy) is 1. The summed E-state index contributed by atoms with van der Waals surface area (Å²) in [6.45, 7) is 16.9. The molecular formula is C31H45NO5Si. The van der Waals surface area contributed by atoms with E-state index in [1.54, 1.807) is 6.92 Å². The molecule has 1 unspecified atom stereocenters. The smallest absolute Gasteiger partial charge is 0.407 e. The molecule has 0 saturated heterocycles. The molecule has 38 heavy (non-hydrogen) atoms. The third kappa shape index (κ3) is 7.06. The summed E-state index contributed by atoms with van der Waals surface area (Å²) in [5, 5.41) is 12.7. The van der Waals surface area contributed by atoms with Crippen LogP contribution in [0.5, 0.6) is 0 Å². The zero-order valence-electron chi connectivity index (χ0n) is 24.2. The lowest BCUT2D eigenvalue weighted by atomic mass is 9.93. The van der Waals surface area contributed by atoms with Gasteiger partial charge in [0.2, 0.25) is 0 Å². The van der Waals surface area contributed by atoms with Crippen LogP contribution in [-0.4, -0.2) is 44.2 Å². The van der Waals surface area contributed by atoms with Crippen LogP contribution in [0, 0.1) is 11.8 Å². The molecule has 0 saturated carbocycles. The molecule has 0 bridgehead atoms. The highest BCUT2D eigenvalue weighted by molar-refractivity contribution is 6.74. The summed E-state index contributed by atoms with van der Waals surface area (Å²) in [4.78, 5) is 25.0. The number of amides is 1. The molecule has 1 aliphatic carbocycles. The molecule has 2 aromatic rings. The van der Waals surface area contributed by atoms with Crippen molar-refractivity contribution in [2.75, 3.05) is 6.61 Å². The molecule has 3 atom stereocenters. The number of aliphatic carboxylic acids is 1. The molecule has 0 aromatic heterocycles. The first-order chi connectivity index (χ1) is 17.7. The molecule has 7 heteroatoms. The van der Waals surface area contributed by atoms with E-state index in [9.17, 15) is 14.7 Å². The van der Waals surface area contributed by atoms with E-state index in [4.69, 9.17) is 9.16 Å². The lowest BCUT2D eigenvalue weighted by molar-refractivity contribution is -0.142. The summed E-state index contributed by atoms with van der Waals surface area (Å²) in [5.41, 5.74) is 4.69. The summed E-state index contributed by atoms with van der Waals surface area (Å²) >= 11 is 0. The Morgan fingerprint density at radius 2 is 1.47 bits per heavy atom. The summed E-state index contributed by atoms with van der Waals surface area (Å²) in [6, 6.07) is 16.1. The van der Waals surface area contributed by atoms with Crippen LogP contribution in [0.15, 0.2) is 48.5 Å². The maximum Gasteiger partial charge on any atom is 0.407 e. The fourth-order valence-electron chi connectivity index (χ4n) is 4.90. The Labute approximate surface area is 229 Å². The van der Waals surface area contributed by atoms with Gasteiger partial charge in [-0.1, -0.05) is 90.1 Å². The molecule has 2 N–H and O–H groups in total. The standard InChI is InChI=1S/C31H45NO5Si/c1-20(2)17-27(28(18-21(3)29(33)34)37-38(7,8)31(4,5)6)32-30(35)36-19-26-24-15-11-9-13-22(24)23-14-10-12-16-25(23)26/h9-16,20-21,26-28H,17-19H2,1-8H3,(H,32,35)(H,33,34)/t21-,27?,28+/m1/s1. The molecule has 0 aliphatic heterocycles. The van der Waals surface area contributed by atoms with Crippen LogP contribution in [0.1, 0.15) is 71.4 Å². The van der Waals surface area contributed by atoms with E-state index in [1.165, 1.54) is 11.1 Å². The van der Waals surface area contributed by atoms with E-state index in [-0.39, 0.29) is 29.5 Å². The predicted molar refractivity (Wildman–Crippen MR) is 155 cm³/mol. The molecular weight excluding hydrogens is 494 g/mol. The number of hydrogen-bond donors (Lipinski definition) is 2. The zero-order valence-corrected chi connectivity index (χ0v) is 25.2. The first-order valence-electron chi connectivity index (χ1n) is 13.7. The minimum absolute atomic E-state index is 0.0250. The Morgan fingerprint density at radius 3 is 1.95 bits per heavy atom. The predicted octanol–water partition coefficient (Wildman–Crippen LogP) is 7.44. The first-order valence-corrected chi connectivity index (χ1v) is 16.6. The molecule has 0 heterocycles. The zero-order chi connectivity index (χ0) is 28.3. The fourth-order valence-corrected chi connectivity index (χ4v) is 6.27. The van der Waals surface area contributed by atoms with Crippen LogP contribution in [0.2, 0.25) is 18.1 Å². The fraction of sp³-hybridized carbons (Fsp3) is 0.548. The van der Waals surface area contributed by atoms with Crippen molar-refractivity contribution < 1.29 is 23.9 Å². The Bertz CT molecular complexity index is 1080. The van der Waals surface area contributed by atoms with E-state index in [0.29, 0.717) is 12.8 Å². The SMILES string of the molecule is CC(C)CC(NC(=O)OCC1c2ccccc2-c2ccccc21)[C@H](C[C@@H](C)C(=O)O)O[Si](C)(C)C(C)(C)C. The molecule has 3 rings (SSSR count). The number of nitrogens with one attached hydrogen (secondary N) is 1. The average molecular weight is 540 g/mol. The molecule has 208 valence electrons. The lowest BCUT2D eigenvalue weighted by Gasteiger charge is -2.42. The monoisotopic (exact) mass is 539 g/mol. The number of carboxylic acids is 1. The molecule has 1 aliphatic rings. The van der Waals surface area contributed by atoms with Crippen molar-refractivity contribution in [1.82, 2.24) is 5.32 Å². The van der Waals surface area contributed by atoms with Gasteiger partial charge in [-0.05, 0) is 59.1 Å². The number of carbonyl (C=O) groups excluding carboxylic acids is 1. The Balaban J connectivity index is 1.79. The first kappa shape index (κ1) is 29.9. The van der Waals surface area contributed by atoms with Crippen LogP contribution in [0.3, 0.4) is 0 Å².